The van der Waals surface area contributed by atoms with Crippen molar-refractivity contribution in [2.45, 2.75) is 23.4 Å². The van der Waals surface area contributed by atoms with Gasteiger partial charge in [0.2, 0.25) is 10.0 Å². The molecule has 0 saturated carbocycles. The van der Waals surface area contributed by atoms with E-state index in [0.717, 1.165) is 8.95 Å². The van der Waals surface area contributed by atoms with E-state index in [1.165, 1.54) is 16.4 Å². The highest BCUT2D eigenvalue weighted by molar-refractivity contribution is 9.10. The summed E-state index contributed by atoms with van der Waals surface area (Å²) in [7, 11) is -4.12. The lowest BCUT2D eigenvalue weighted by molar-refractivity contribution is -0.133. The maximum atomic E-state index is 14.0. The Morgan fingerprint density at radius 3 is 2.24 bits per heavy atom. The molecular weight excluding hydrogens is 594 g/mol. The van der Waals surface area contributed by atoms with Crippen molar-refractivity contribution < 1.29 is 18.3 Å². The minimum absolute atomic E-state index is 0.00654. The molecule has 1 aliphatic heterocycles. The van der Waals surface area contributed by atoms with Gasteiger partial charge in [-0.2, -0.15) is 4.31 Å². The molecule has 9 heteroatoms. The van der Waals surface area contributed by atoms with Gasteiger partial charge in [-0.1, -0.05) is 73.8 Å². The smallest absolute Gasteiger partial charge is 0.333 e. The summed E-state index contributed by atoms with van der Waals surface area (Å²) in [6, 6.07) is 18.6. The minimum atomic E-state index is -4.12. The molecule has 0 bridgehead atoms. The molecule has 0 aliphatic carbocycles. The van der Waals surface area contributed by atoms with Crippen LogP contribution < -0.4 is 0 Å². The van der Waals surface area contributed by atoms with Crippen LogP contribution in [-0.2, 0) is 14.8 Å². The highest BCUT2D eigenvalue weighted by Gasteiger charge is 2.44. The summed E-state index contributed by atoms with van der Waals surface area (Å²) in [5.74, 6) is -1.17. The van der Waals surface area contributed by atoms with Gasteiger partial charge in [-0.15, -0.1) is 0 Å². The molecule has 0 aromatic heterocycles. The van der Waals surface area contributed by atoms with Crippen LogP contribution in [0.4, 0.5) is 0 Å². The molecule has 3 aromatic rings. The first-order chi connectivity index (χ1) is 15.7. The first-order valence-corrected chi connectivity index (χ1v) is 13.3. The van der Waals surface area contributed by atoms with Gasteiger partial charge in [-0.3, -0.25) is 0 Å². The summed E-state index contributed by atoms with van der Waals surface area (Å²) >= 11 is 13.0. The number of carboxylic acids is 1. The second-order valence-electron chi connectivity index (χ2n) is 7.52. The summed E-state index contributed by atoms with van der Waals surface area (Å²) in [5, 5.41) is 10.5. The second-order valence-corrected chi connectivity index (χ2v) is 11.6. The second kappa shape index (κ2) is 9.72. The standard InChI is InChI=1S/C24H18Br2ClNO4S/c25-17-7-9-20(10-8-17)33(31,32)28-22(15-3-2-6-19(27)14-15)12-11-21(24(29)30)23(28)16-4-1-5-18(26)13-16/h1-11,13-14,22-23H,12H2,(H,29,30)/t22-,23-/m0/s1. The molecule has 0 unspecified atom stereocenters. The molecule has 1 heterocycles. The molecule has 0 fully saturated rings. The van der Waals surface area contributed by atoms with Crippen molar-refractivity contribution in [2.24, 2.45) is 0 Å². The number of rotatable bonds is 5. The molecule has 3 aromatic carbocycles. The minimum Gasteiger partial charge on any atom is -0.478 e. The molecule has 1 N–H and O–H groups in total. The van der Waals surface area contributed by atoms with Crippen molar-refractivity contribution in [1.29, 1.82) is 0 Å². The predicted molar refractivity (Wildman–Crippen MR) is 135 cm³/mol. The third kappa shape index (κ3) is 4.95. The Morgan fingerprint density at radius 2 is 1.61 bits per heavy atom. The summed E-state index contributed by atoms with van der Waals surface area (Å²) in [5.41, 5.74) is 1.24. The van der Waals surface area contributed by atoms with Crippen LogP contribution >= 0.6 is 43.5 Å². The van der Waals surface area contributed by atoms with Gasteiger partial charge in [0, 0.05) is 14.0 Å². The highest BCUT2D eigenvalue weighted by atomic mass is 79.9. The van der Waals surface area contributed by atoms with Gasteiger partial charge in [-0.25, -0.2) is 13.2 Å². The van der Waals surface area contributed by atoms with Crippen LogP contribution in [0.2, 0.25) is 5.02 Å². The van der Waals surface area contributed by atoms with Crippen LogP contribution in [-0.4, -0.2) is 23.8 Å². The third-order valence-electron chi connectivity index (χ3n) is 5.45. The zero-order chi connectivity index (χ0) is 23.8. The number of nitrogens with zero attached hydrogens (tertiary/aromatic N) is 1. The lowest BCUT2D eigenvalue weighted by Gasteiger charge is -2.40. The van der Waals surface area contributed by atoms with Crippen LogP contribution in [0.15, 0.2) is 98.3 Å². The average Bonchev–Trinajstić information content (AvgIpc) is 2.78. The Hall–Kier alpha value is -1.97. The average molecular weight is 612 g/mol. The van der Waals surface area contributed by atoms with Crippen LogP contribution in [0.1, 0.15) is 29.6 Å². The fourth-order valence-electron chi connectivity index (χ4n) is 4.01. The monoisotopic (exact) mass is 609 g/mol. The summed E-state index contributed by atoms with van der Waals surface area (Å²) in [6.45, 7) is 0. The predicted octanol–water partition coefficient (Wildman–Crippen LogP) is 6.75. The zero-order valence-corrected chi connectivity index (χ0v) is 21.8. The van der Waals surface area contributed by atoms with E-state index in [2.05, 4.69) is 31.9 Å². The zero-order valence-electron chi connectivity index (χ0n) is 17.0. The normalized spacial score (nSPS) is 19.2. The highest BCUT2D eigenvalue weighted by Crippen LogP contribution is 2.46. The van der Waals surface area contributed by atoms with Crippen molar-refractivity contribution in [3.63, 3.8) is 0 Å². The van der Waals surface area contributed by atoms with Crippen molar-refractivity contribution in [2.75, 3.05) is 0 Å². The van der Waals surface area contributed by atoms with E-state index in [9.17, 15) is 18.3 Å². The van der Waals surface area contributed by atoms with E-state index in [0.29, 0.717) is 16.1 Å². The molecule has 0 amide bonds. The quantitative estimate of drug-likeness (QED) is 0.346. The van der Waals surface area contributed by atoms with Crippen molar-refractivity contribution in [3.05, 3.63) is 110 Å². The Morgan fingerprint density at radius 1 is 0.939 bits per heavy atom. The topological polar surface area (TPSA) is 74.7 Å². The molecule has 0 radical (unpaired) electrons. The fourth-order valence-corrected chi connectivity index (χ4v) is 6.67. The van der Waals surface area contributed by atoms with Crippen molar-refractivity contribution in [1.82, 2.24) is 4.31 Å². The molecule has 0 saturated heterocycles. The molecule has 33 heavy (non-hydrogen) atoms. The van der Waals surface area contributed by atoms with E-state index < -0.39 is 28.1 Å². The number of halogens is 3. The lowest BCUT2D eigenvalue weighted by Crippen LogP contribution is -2.42. The van der Waals surface area contributed by atoms with Crippen molar-refractivity contribution in [3.8, 4) is 0 Å². The Balaban J connectivity index is 1.98. The third-order valence-corrected chi connectivity index (χ3v) is 8.60. The molecular formula is C24H18Br2ClNO4S. The number of benzene rings is 3. The number of aliphatic carboxylic acids is 1. The number of sulfonamides is 1. The van der Waals surface area contributed by atoms with Crippen LogP contribution in [0.3, 0.4) is 0 Å². The molecule has 5 nitrogen and oxygen atoms in total. The molecule has 2 atom stereocenters. The summed E-state index contributed by atoms with van der Waals surface area (Å²) < 4.78 is 30.9. The Kier molecular flexibility index (Phi) is 7.12. The van der Waals surface area contributed by atoms with Gasteiger partial charge in [0.25, 0.3) is 0 Å². The molecule has 170 valence electrons. The van der Waals surface area contributed by atoms with Crippen molar-refractivity contribution >= 4 is 59.5 Å². The van der Waals surface area contributed by atoms with Crippen LogP contribution in [0, 0.1) is 0 Å². The molecule has 4 rings (SSSR count). The summed E-state index contributed by atoms with van der Waals surface area (Å²) in [4.78, 5) is 12.3. The van der Waals surface area contributed by atoms with Gasteiger partial charge in [0.05, 0.1) is 22.6 Å². The summed E-state index contributed by atoms with van der Waals surface area (Å²) in [6.07, 6.45) is 1.80. The maximum Gasteiger partial charge on any atom is 0.333 e. The first-order valence-electron chi connectivity index (χ1n) is 9.92. The number of hydrogen-bond donors (Lipinski definition) is 1. The van der Waals surface area contributed by atoms with E-state index in [4.69, 9.17) is 11.6 Å². The van der Waals surface area contributed by atoms with Crippen LogP contribution in [0.5, 0.6) is 0 Å². The first kappa shape index (κ1) is 24.2. The van der Waals surface area contributed by atoms with Gasteiger partial charge < -0.3 is 5.11 Å². The molecule has 1 aliphatic rings. The van der Waals surface area contributed by atoms with Gasteiger partial charge >= 0.3 is 5.97 Å². The SMILES string of the molecule is O=C(O)C1=CC[C@@H](c2cccc(Cl)c2)N(S(=O)(=O)c2ccc(Br)cc2)[C@H]1c1cccc(Br)c1. The van der Waals surface area contributed by atoms with E-state index in [1.807, 2.05) is 0 Å². The maximum absolute atomic E-state index is 14.0. The lowest BCUT2D eigenvalue weighted by atomic mass is 9.89. The molecule has 0 spiro atoms. The van der Waals surface area contributed by atoms with Gasteiger partial charge in [0.15, 0.2) is 0 Å². The fraction of sp³-hybridized carbons (Fsp3) is 0.125. The number of carboxylic acid groups (broad SMARTS) is 1. The Bertz CT molecular complexity index is 1340. The van der Waals surface area contributed by atoms with Gasteiger partial charge in [-0.05, 0) is 66.1 Å². The van der Waals surface area contributed by atoms with E-state index in [-0.39, 0.29) is 16.9 Å². The number of hydrogen-bond acceptors (Lipinski definition) is 3. The largest absolute Gasteiger partial charge is 0.478 e. The van der Waals surface area contributed by atoms with E-state index in [1.54, 1.807) is 66.7 Å². The van der Waals surface area contributed by atoms with E-state index >= 15 is 0 Å². The van der Waals surface area contributed by atoms with Crippen LogP contribution in [0.25, 0.3) is 0 Å². The van der Waals surface area contributed by atoms with Gasteiger partial charge in [0.1, 0.15) is 0 Å². The number of carbonyl (C=O) groups is 1. The Labute approximate surface area is 214 Å².